The molecule has 2 atom stereocenters. The zero-order valence-electron chi connectivity index (χ0n) is 17.5. The van der Waals surface area contributed by atoms with Crippen LogP contribution in [-0.4, -0.2) is 93.5 Å². The van der Waals surface area contributed by atoms with E-state index in [4.69, 9.17) is 9.90 Å². The number of carboxylic acid groups (broad SMARTS) is 1. The quantitative estimate of drug-likeness (QED) is 0.341. The van der Waals surface area contributed by atoms with Crippen molar-refractivity contribution < 1.29 is 34.2 Å². The summed E-state index contributed by atoms with van der Waals surface area (Å²) in [5.41, 5.74) is 1.18. The third kappa shape index (κ3) is 6.01. The third-order valence-corrected chi connectivity index (χ3v) is 5.12. The smallest absolute Gasteiger partial charge is 0.325 e. The minimum Gasteiger partial charge on any atom is -0.483 e. The molecule has 0 radical (unpaired) electrons. The van der Waals surface area contributed by atoms with Gasteiger partial charge in [0.25, 0.3) is 12.4 Å². The Morgan fingerprint density at radius 2 is 1.97 bits per heavy atom. The van der Waals surface area contributed by atoms with Crippen molar-refractivity contribution in [3.05, 3.63) is 42.1 Å². The number of hydrogen-bond acceptors (Lipinski definition) is 7. The lowest BCUT2D eigenvalue weighted by molar-refractivity contribution is -0.124. The highest BCUT2D eigenvalue weighted by Gasteiger charge is 2.32. The lowest BCUT2D eigenvalue weighted by Gasteiger charge is -2.36. The van der Waals surface area contributed by atoms with Gasteiger partial charge in [0.05, 0.1) is 17.2 Å². The van der Waals surface area contributed by atoms with E-state index in [2.05, 4.69) is 15.6 Å². The number of aromatic nitrogens is 1. The van der Waals surface area contributed by atoms with E-state index in [0.29, 0.717) is 5.56 Å². The van der Waals surface area contributed by atoms with E-state index in [1.54, 1.807) is 6.07 Å². The standard InChI is InChI=1S/C20H21N5O5.CH2O2/c26-15-6-14(22-17(27)10-25-11-18(28)23-20(25)30)8-24(9-15)19(29)13-5-12-3-1-2-4-16(12)21-7-13;2-1-3/h1-5,7,14-15,26H,6,8-11H2,(H,22,27)(H,23,28,30);1H,(H,2,3)/t14-,15+;/m0./s1. The summed E-state index contributed by atoms with van der Waals surface area (Å²) in [6, 6.07) is 8.12. The van der Waals surface area contributed by atoms with Crippen molar-refractivity contribution in [2.24, 2.45) is 0 Å². The molecule has 33 heavy (non-hydrogen) atoms. The van der Waals surface area contributed by atoms with Crippen LogP contribution in [0, 0.1) is 0 Å². The molecule has 12 nitrogen and oxygen atoms in total. The molecule has 4 N–H and O–H groups in total. The molecule has 12 heteroatoms. The second kappa shape index (κ2) is 10.5. The predicted octanol–water partition coefficient (Wildman–Crippen LogP) is -0.821. The van der Waals surface area contributed by atoms with E-state index in [1.165, 1.54) is 11.1 Å². The Morgan fingerprint density at radius 3 is 2.67 bits per heavy atom. The molecule has 2 saturated heterocycles. The molecule has 0 saturated carbocycles. The van der Waals surface area contributed by atoms with E-state index in [0.717, 1.165) is 15.8 Å². The van der Waals surface area contributed by atoms with Crippen LogP contribution in [0.4, 0.5) is 4.79 Å². The van der Waals surface area contributed by atoms with Crippen LogP contribution < -0.4 is 10.6 Å². The number of benzene rings is 1. The highest BCUT2D eigenvalue weighted by atomic mass is 16.3. The number of nitrogens with one attached hydrogen (secondary N) is 2. The number of amides is 5. The number of para-hydroxylation sites is 1. The summed E-state index contributed by atoms with van der Waals surface area (Å²) in [6.07, 6.45) is 0.997. The number of rotatable bonds is 4. The topological polar surface area (TPSA) is 169 Å². The second-order valence-electron chi connectivity index (χ2n) is 7.60. The molecule has 0 unspecified atom stereocenters. The van der Waals surface area contributed by atoms with Crippen molar-refractivity contribution in [1.29, 1.82) is 0 Å². The first-order valence-corrected chi connectivity index (χ1v) is 10.1. The van der Waals surface area contributed by atoms with Gasteiger partial charge in [0, 0.05) is 30.7 Å². The zero-order valence-corrected chi connectivity index (χ0v) is 17.5. The van der Waals surface area contributed by atoms with Crippen LogP contribution in [0.1, 0.15) is 16.8 Å². The highest BCUT2D eigenvalue weighted by Crippen LogP contribution is 2.18. The minimum absolute atomic E-state index is 0.154. The fourth-order valence-electron chi connectivity index (χ4n) is 3.77. The van der Waals surface area contributed by atoms with Gasteiger partial charge in [-0.3, -0.25) is 29.5 Å². The summed E-state index contributed by atoms with van der Waals surface area (Å²) >= 11 is 0. The molecule has 0 bridgehead atoms. The van der Waals surface area contributed by atoms with Gasteiger partial charge in [0.2, 0.25) is 11.8 Å². The maximum atomic E-state index is 12.9. The first-order chi connectivity index (χ1) is 15.8. The van der Waals surface area contributed by atoms with Gasteiger partial charge in [-0.15, -0.1) is 0 Å². The van der Waals surface area contributed by atoms with Crippen molar-refractivity contribution >= 4 is 41.1 Å². The van der Waals surface area contributed by atoms with E-state index in [1.807, 2.05) is 24.3 Å². The first kappa shape index (κ1) is 23.6. The fraction of sp³-hybridized carbons (Fsp3) is 0.333. The van der Waals surface area contributed by atoms with Crippen molar-refractivity contribution in [2.45, 2.75) is 18.6 Å². The van der Waals surface area contributed by atoms with Crippen molar-refractivity contribution in [1.82, 2.24) is 25.4 Å². The molecular weight excluding hydrogens is 434 g/mol. The van der Waals surface area contributed by atoms with Crippen LogP contribution in [0.3, 0.4) is 0 Å². The Bertz CT molecular complexity index is 1080. The van der Waals surface area contributed by atoms with Crippen LogP contribution in [0.2, 0.25) is 0 Å². The molecular formula is C21H23N5O7. The maximum Gasteiger partial charge on any atom is 0.325 e. The Hall–Kier alpha value is -4.06. The number of hydrogen-bond donors (Lipinski definition) is 4. The minimum atomic E-state index is -0.793. The first-order valence-electron chi connectivity index (χ1n) is 10.1. The number of carbonyl (C=O) groups is 5. The number of urea groups is 1. The molecule has 1 aromatic carbocycles. The van der Waals surface area contributed by atoms with Gasteiger partial charge in [-0.05, 0) is 18.6 Å². The van der Waals surface area contributed by atoms with E-state index in [9.17, 15) is 24.3 Å². The number of imide groups is 1. The largest absolute Gasteiger partial charge is 0.483 e. The number of β-amino-alcohol motifs (C(OH)–C–C–N with tert-alkyl or cyclic N) is 1. The Morgan fingerprint density at radius 1 is 1.24 bits per heavy atom. The Kier molecular flexibility index (Phi) is 7.51. The lowest BCUT2D eigenvalue weighted by Crippen LogP contribution is -2.55. The van der Waals surface area contributed by atoms with Gasteiger partial charge in [-0.2, -0.15) is 0 Å². The second-order valence-corrected chi connectivity index (χ2v) is 7.60. The van der Waals surface area contributed by atoms with Crippen molar-refractivity contribution in [3.63, 3.8) is 0 Å². The van der Waals surface area contributed by atoms with Gasteiger partial charge in [-0.25, -0.2) is 4.79 Å². The number of pyridine rings is 1. The number of carbonyl (C=O) groups excluding carboxylic acids is 4. The van der Waals surface area contributed by atoms with Crippen molar-refractivity contribution in [3.8, 4) is 0 Å². The Balaban J connectivity index is 0.000000968. The monoisotopic (exact) mass is 457 g/mol. The van der Waals surface area contributed by atoms with Crippen LogP contribution in [0.5, 0.6) is 0 Å². The Labute approximate surface area is 188 Å². The number of aliphatic hydroxyl groups excluding tert-OH is 1. The number of nitrogens with zero attached hydrogens (tertiary/aromatic N) is 3. The average Bonchev–Trinajstić information content (AvgIpc) is 3.09. The van der Waals surface area contributed by atoms with Crippen LogP contribution in [0.25, 0.3) is 10.9 Å². The van der Waals surface area contributed by atoms with E-state index >= 15 is 0 Å². The molecule has 5 amide bonds. The SMILES string of the molecule is O=C1CN(CC(=O)N[C@H]2C[C@@H](O)CN(C(=O)c3cnc4ccccc4c3)C2)C(=O)N1.O=CO. The third-order valence-electron chi connectivity index (χ3n) is 5.12. The van der Waals surface area contributed by atoms with E-state index in [-0.39, 0.29) is 45.0 Å². The fourth-order valence-corrected chi connectivity index (χ4v) is 3.77. The van der Waals surface area contributed by atoms with Gasteiger partial charge in [-0.1, -0.05) is 18.2 Å². The van der Waals surface area contributed by atoms with Crippen molar-refractivity contribution in [2.75, 3.05) is 26.2 Å². The highest BCUT2D eigenvalue weighted by molar-refractivity contribution is 6.03. The van der Waals surface area contributed by atoms with Gasteiger partial charge < -0.3 is 25.3 Å². The van der Waals surface area contributed by atoms with Gasteiger partial charge >= 0.3 is 6.03 Å². The maximum absolute atomic E-state index is 12.9. The van der Waals surface area contributed by atoms with Crippen LogP contribution >= 0.6 is 0 Å². The molecule has 2 aliphatic rings. The molecule has 0 aliphatic carbocycles. The van der Waals surface area contributed by atoms with Crippen LogP contribution in [0.15, 0.2) is 36.5 Å². The molecule has 3 heterocycles. The molecule has 0 spiro atoms. The predicted molar refractivity (Wildman–Crippen MR) is 114 cm³/mol. The molecule has 1 aromatic heterocycles. The summed E-state index contributed by atoms with van der Waals surface area (Å²) in [7, 11) is 0. The summed E-state index contributed by atoms with van der Waals surface area (Å²) < 4.78 is 0. The molecule has 2 aliphatic heterocycles. The molecule has 174 valence electrons. The van der Waals surface area contributed by atoms with Gasteiger partial charge in [0.1, 0.15) is 13.1 Å². The number of likely N-dealkylation sites (tertiary alicyclic amines) is 1. The molecule has 2 fully saturated rings. The summed E-state index contributed by atoms with van der Waals surface area (Å²) in [5, 5.41) is 22.8. The number of fused-ring (bicyclic) bond motifs is 1. The summed E-state index contributed by atoms with van der Waals surface area (Å²) in [6.45, 7) is -0.313. The normalized spacial score (nSPS) is 20.0. The molecule has 2 aromatic rings. The lowest BCUT2D eigenvalue weighted by atomic mass is 10.0. The number of piperidine rings is 1. The average molecular weight is 457 g/mol. The van der Waals surface area contributed by atoms with E-state index < -0.39 is 30.0 Å². The summed E-state index contributed by atoms with van der Waals surface area (Å²) in [5.74, 6) is -1.20. The zero-order chi connectivity index (χ0) is 24.0. The number of aliphatic hydroxyl groups is 1. The summed E-state index contributed by atoms with van der Waals surface area (Å²) in [4.78, 5) is 63.3. The van der Waals surface area contributed by atoms with Gasteiger partial charge in [0.15, 0.2) is 0 Å². The van der Waals surface area contributed by atoms with Crippen LogP contribution in [-0.2, 0) is 14.4 Å². The molecule has 4 rings (SSSR count).